The third-order valence-corrected chi connectivity index (χ3v) is 4.83. The maximum atomic E-state index is 12.7. The first-order valence-electron chi connectivity index (χ1n) is 8.36. The second-order valence-electron chi connectivity index (χ2n) is 6.24. The van der Waals surface area contributed by atoms with Gasteiger partial charge in [-0.3, -0.25) is 9.48 Å². The van der Waals surface area contributed by atoms with E-state index in [1.807, 2.05) is 21.8 Å². The third-order valence-electron chi connectivity index (χ3n) is 4.83. The summed E-state index contributed by atoms with van der Waals surface area (Å²) in [6.45, 7) is 5.10. The molecule has 1 N–H and O–H groups in total. The van der Waals surface area contributed by atoms with E-state index in [0.29, 0.717) is 17.8 Å². The molecule has 2 aliphatic heterocycles. The highest BCUT2D eigenvalue weighted by Crippen LogP contribution is 2.22. The van der Waals surface area contributed by atoms with E-state index in [4.69, 9.17) is 0 Å². The zero-order valence-electron chi connectivity index (χ0n) is 13.3. The molecule has 0 bridgehead atoms. The van der Waals surface area contributed by atoms with Gasteiger partial charge in [0.15, 0.2) is 0 Å². The molecule has 0 aromatic carbocycles. The van der Waals surface area contributed by atoms with Crippen molar-refractivity contribution in [1.82, 2.24) is 20.0 Å². The fourth-order valence-corrected chi connectivity index (χ4v) is 3.55. The van der Waals surface area contributed by atoms with Gasteiger partial charge in [-0.15, -0.1) is 12.4 Å². The summed E-state index contributed by atoms with van der Waals surface area (Å²) in [6, 6.07) is 2.68. The fourth-order valence-electron chi connectivity index (χ4n) is 3.55. The summed E-state index contributed by atoms with van der Waals surface area (Å²) in [7, 11) is 0. The topological polar surface area (TPSA) is 50.2 Å². The second-order valence-corrected chi connectivity index (χ2v) is 6.24. The highest BCUT2D eigenvalue weighted by molar-refractivity contribution is 5.92. The number of piperidine rings is 2. The molecule has 2 unspecified atom stereocenters. The van der Waals surface area contributed by atoms with E-state index >= 15 is 0 Å². The van der Waals surface area contributed by atoms with E-state index in [0.717, 1.165) is 45.3 Å². The van der Waals surface area contributed by atoms with Gasteiger partial charge in [-0.05, 0) is 51.1 Å². The lowest BCUT2D eigenvalue weighted by Gasteiger charge is -2.34. The molecule has 124 valence electrons. The molecule has 2 aliphatic rings. The lowest BCUT2D eigenvalue weighted by atomic mass is 10.00. The number of rotatable bonds is 3. The van der Waals surface area contributed by atoms with Crippen LogP contribution in [0.5, 0.6) is 0 Å². The van der Waals surface area contributed by atoms with Crippen molar-refractivity contribution in [3.8, 4) is 0 Å². The molecule has 2 saturated heterocycles. The Morgan fingerprint density at radius 3 is 2.95 bits per heavy atom. The maximum absolute atomic E-state index is 12.7. The number of nitrogens with zero attached hydrogens (tertiary/aromatic N) is 3. The molecule has 1 amide bonds. The minimum atomic E-state index is 0. The molecule has 3 rings (SSSR count). The van der Waals surface area contributed by atoms with Gasteiger partial charge in [0.2, 0.25) is 0 Å². The number of amides is 1. The first-order chi connectivity index (χ1) is 10.3. The molecular formula is C16H27ClN4O. The normalized spacial score (nSPS) is 25.6. The summed E-state index contributed by atoms with van der Waals surface area (Å²) < 4.78 is 1.98. The lowest BCUT2D eigenvalue weighted by molar-refractivity contribution is 0.0600. The predicted molar refractivity (Wildman–Crippen MR) is 89.6 cm³/mol. The van der Waals surface area contributed by atoms with Crippen LogP contribution >= 0.6 is 12.4 Å². The van der Waals surface area contributed by atoms with E-state index in [1.54, 1.807) is 0 Å². The molecule has 2 fully saturated rings. The average molecular weight is 327 g/mol. The molecule has 22 heavy (non-hydrogen) atoms. The van der Waals surface area contributed by atoms with Crippen molar-refractivity contribution in [2.75, 3.05) is 19.6 Å². The molecule has 1 aromatic heterocycles. The van der Waals surface area contributed by atoms with Crippen LogP contribution in [0.2, 0.25) is 0 Å². The van der Waals surface area contributed by atoms with Gasteiger partial charge < -0.3 is 10.2 Å². The summed E-state index contributed by atoms with van der Waals surface area (Å²) in [4.78, 5) is 14.7. The molecular weight excluding hydrogens is 300 g/mol. The number of hydrogen-bond donors (Lipinski definition) is 1. The van der Waals surface area contributed by atoms with Gasteiger partial charge in [0, 0.05) is 25.3 Å². The summed E-state index contributed by atoms with van der Waals surface area (Å²) >= 11 is 0. The standard InChI is InChI=1S/C16H26N4O.ClH/c1-2-13-6-3-4-10-19(13)16(21)15-8-11-20(18-15)14-7-5-9-17-12-14;/h8,11,13-14,17H,2-7,9-10,12H2,1H3;1H. The van der Waals surface area contributed by atoms with Gasteiger partial charge in [0.05, 0.1) is 6.04 Å². The molecule has 1 aromatic rings. The summed E-state index contributed by atoms with van der Waals surface area (Å²) in [5.41, 5.74) is 0.612. The number of carbonyl (C=O) groups excluding carboxylic acids is 1. The molecule has 0 spiro atoms. The van der Waals surface area contributed by atoms with Crippen LogP contribution in [0.15, 0.2) is 12.3 Å². The number of aromatic nitrogens is 2. The molecule has 0 saturated carbocycles. The molecule has 2 atom stereocenters. The van der Waals surface area contributed by atoms with Crippen LogP contribution in [0.25, 0.3) is 0 Å². The van der Waals surface area contributed by atoms with Crippen molar-refractivity contribution in [1.29, 1.82) is 0 Å². The number of carbonyl (C=O) groups is 1. The first-order valence-corrected chi connectivity index (χ1v) is 8.36. The predicted octanol–water partition coefficient (Wildman–Crippen LogP) is 2.63. The lowest BCUT2D eigenvalue weighted by Crippen LogP contribution is -2.43. The Morgan fingerprint density at radius 2 is 2.23 bits per heavy atom. The maximum Gasteiger partial charge on any atom is 0.274 e. The van der Waals surface area contributed by atoms with Gasteiger partial charge in [0.1, 0.15) is 5.69 Å². The van der Waals surface area contributed by atoms with Crippen LogP contribution in [-0.2, 0) is 0 Å². The highest BCUT2D eigenvalue weighted by atomic mass is 35.5. The second kappa shape index (κ2) is 7.97. The number of likely N-dealkylation sites (tertiary alicyclic amines) is 1. The monoisotopic (exact) mass is 326 g/mol. The Balaban J connectivity index is 0.00000176. The van der Waals surface area contributed by atoms with Gasteiger partial charge in [-0.25, -0.2) is 0 Å². The number of hydrogen-bond acceptors (Lipinski definition) is 3. The van der Waals surface area contributed by atoms with Crippen molar-refractivity contribution in [2.24, 2.45) is 0 Å². The van der Waals surface area contributed by atoms with E-state index in [2.05, 4.69) is 17.3 Å². The third kappa shape index (κ3) is 3.63. The Hall–Kier alpha value is -1.07. The largest absolute Gasteiger partial charge is 0.334 e. The first kappa shape index (κ1) is 17.3. The molecule has 0 radical (unpaired) electrons. The molecule has 6 heteroatoms. The van der Waals surface area contributed by atoms with Crippen molar-refractivity contribution in [3.63, 3.8) is 0 Å². The van der Waals surface area contributed by atoms with E-state index in [-0.39, 0.29) is 18.3 Å². The van der Waals surface area contributed by atoms with Crippen LogP contribution in [-0.4, -0.2) is 46.3 Å². The quantitative estimate of drug-likeness (QED) is 0.929. The van der Waals surface area contributed by atoms with Crippen molar-refractivity contribution < 1.29 is 4.79 Å². The Labute approximate surface area is 138 Å². The zero-order valence-corrected chi connectivity index (χ0v) is 14.1. The minimum absolute atomic E-state index is 0. The van der Waals surface area contributed by atoms with Crippen LogP contribution in [0.4, 0.5) is 0 Å². The van der Waals surface area contributed by atoms with E-state index < -0.39 is 0 Å². The van der Waals surface area contributed by atoms with Gasteiger partial charge in [-0.1, -0.05) is 6.92 Å². The van der Waals surface area contributed by atoms with Crippen LogP contribution in [0, 0.1) is 0 Å². The van der Waals surface area contributed by atoms with Gasteiger partial charge >= 0.3 is 0 Å². The Morgan fingerprint density at radius 1 is 1.36 bits per heavy atom. The van der Waals surface area contributed by atoms with Crippen molar-refractivity contribution in [2.45, 2.75) is 57.5 Å². The van der Waals surface area contributed by atoms with Crippen LogP contribution < -0.4 is 5.32 Å². The minimum Gasteiger partial charge on any atom is -0.334 e. The van der Waals surface area contributed by atoms with Gasteiger partial charge in [0.25, 0.3) is 5.91 Å². The highest BCUT2D eigenvalue weighted by Gasteiger charge is 2.28. The van der Waals surface area contributed by atoms with Crippen LogP contribution in [0.3, 0.4) is 0 Å². The Kier molecular flexibility index (Phi) is 6.26. The smallest absolute Gasteiger partial charge is 0.274 e. The Bertz CT molecular complexity index is 484. The van der Waals surface area contributed by atoms with Crippen molar-refractivity contribution >= 4 is 18.3 Å². The molecule has 0 aliphatic carbocycles. The fraction of sp³-hybridized carbons (Fsp3) is 0.750. The van der Waals surface area contributed by atoms with E-state index in [1.165, 1.54) is 12.8 Å². The van der Waals surface area contributed by atoms with E-state index in [9.17, 15) is 4.79 Å². The summed E-state index contributed by atoms with van der Waals surface area (Å²) in [5.74, 6) is 0.115. The molecule has 5 nitrogen and oxygen atoms in total. The number of halogens is 1. The summed E-state index contributed by atoms with van der Waals surface area (Å²) in [5, 5.41) is 7.96. The van der Waals surface area contributed by atoms with Crippen molar-refractivity contribution in [3.05, 3.63) is 18.0 Å². The molecule has 3 heterocycles. The average Bonchev–Trinajstić information content (AvgIpc) is 3.05. The summed E-state index contributed by atoms with van der Waals surface area (Å²) in [6.07, 6.45) is 8.83. The van der Waals surface area contributed by atoms with Crippen LogP contribution in [0.1, 0.15) is 62.0 Å². The SMILES string of the molecule is CCC1CCCCN1C(=O)c1ccn(C2CCCNC2)n1.Cl. The number of nitrogens with one attached hydrogen (secondary N) is 1. The zero-order chi connectivity index (χ0) is 14.7. The van der Waals surface area contributed by atoms with Gasteiger partial charge in [-0.2, -0.15) is 5.10 Å².